The van der Waals surface area contributed by atoms with Gasteiger partial charge >= 0.3 is 0 Å². The van der Waals surface area contributed by atoms with Gasteiger partial charge in [0.1, 0.15) is 0 Å². The third kappa shape index (κ3) is 2.04. The number of fused-ring (bicyclic) bond motifs is 2. The molecule has 4 heteroatoms. The summed E-state index contributed by atoms with van der Waals surface area (Å²) < 4.78 is 1.25. The maximum absolute atomic E-state index is 12.1. The Kier molecular flexibility index (Phi) is 3.05. The van der Waals surface area contributed by atoms with Crippen LogP contribution in [0.5, 0.6) is 0 Å². The lowest BCUT2D eigenvalue weighted by Crippen LogP contribution is -2.31. The molecule has 0 radical (unpaired) electrons. The van der Waals surface area contributed by atoms with Gasteiger partial charge in [-0.05, 0) is 36.1 Å². The van der Waals surface area contributed by atoms with Crippen molar-refractivity contribution in [2.24, 2.45) is 0 Å². The summed E-state index contributed by atoms with van der Waals surface area (Å²) in [5.74, 6) is -0.811. The van der Waals surface area contributed by atoms with Crippen LogP contribution in [0.25, 0.3) is 10.1 Å². The van der Waals surface area contributed by atoms with E-state index in [1.165, 1.54) is 15.0 Å². The molecule has 1 aromatic heterocycles. The van der Waals surface area contributed by atoms with E-state index in [9.17, 15) is 9.59 Å². The van der Waals surface area contributed by atoms with E-state index in [4.69, 9.17) is 0 Å². The van der Waals surface area contributed by atoms with Gasteiger partial charge in [-0.15, -0.1) is 11.3 Å². The van der Waals surface area contributed by atoms with Crippen LogP contribution < -0.4 is 4.90 Å². The standard InChI is InChI=1S/C18H13NO2S/c20-17-14-6-2-3-7-15(14)19(18(17)21)10-9-13-11-12-5-1-4-8-16(12)22-13/h1-8,11H,9-10H2. The molecule has 108 valence electrons. The van der Waals surface area contributed by atoms with Crippen molar-refractivity contribution in [3.63, 3.8) is 0 Å². The number of Topliss-reactive ketones (excluding diaryl/α,β-unsaturated/α-hetero) is 1. The van der Waals surface area contributed by atoms with Crippen molar-refractivity contribution in [3.8, 4) is 0 Å². The molecule has 1 amide bonds. The fourth-order valence-electron chi connectivity index (χ4n) is 2.85. The van der Waals surface area contributed by atoms with E-state index in [1.807, 2.05) is 24.3 Å². The molecule has 0 unspecified atom stereocenters. The number of amides is 1. The molecule has 0 atom stereocenters. The lowest BCUT2D eigenvalue weighted by Gasteiger charge is -2.15. The Labute approximate surface area is 131 Å². The zero-order valence-corrected chi connectivity index (χ0v) is 12.6. The highest BCUT2D eigenvalue weighted by Gasteiger charge is 2.34. The van der Waals surface area contributed by atoms with Crippen molar-refractivity contribution in [2.45, 2.75) is 6.42 Å². The number of carbonyl (C=O) groups excluding carboxylic acids is 2. The average molecular weight is 307 g/mol. The zero-order chi connectivity index (χ0) is 15.1. The molecule has 4 rings (SSSR count). The van der Waals surface area contributed by atoms with Crippen molar-refractivity contribution in [3.05, 3.63) is 65.0 Å². The number of thiophene rings is 1. The van der Waals surface area contributed by atoms with Crippen molar-refractivity contribution >= 4 is 38.8 Å². The van der Waals surface area contributed by atoms with E-state index in [-0.39, 0.29) is 0 Å². The first-order chi connectivity index (χ1) is 10.7. The summed E-state index contributed by atoms with van der Waals surface area (Å²) in [6, 6.07) is 17.6. The van der Waals surface area contributed by atoms with Gasteiger partial charge in [-0.2, -0.15) is 0 Å². The number of benzene rings is 2. The molecular weight excluding hydrogens is 294 g/mol. The third-order valence-electron chi connectivity index (χ3n) is 3.94. The van der Waals surface area contributed by atoms with Gasteiger partial charge in [-0.3, -0.25) is 9.59 Å². The van der Waals surface area contributed by atoms with Crippen LogP contribution >= 0.6 is 11.3 Å². The maximum atomic E-state index is 12.1. The Morgan fingerprint density at radius 2 is 1.73 bits per heavy atom. The van der Waals surface area contributed by atoms with E-state index < -0.39 is 11.7 Å². The summed E-state index contributed by atoms with van der Waals surface area (Å²) in [4.78, 5) is 26.9. The Morgan fingerprint density at radius 3 is 2.59 bits per heavy atom. The molecule has 2 heterocycles. The monoisotopic (exact) mass is 307 g/mol. The molecule has 2 aromatic carbocycles. The summed E-state index contributed by atoms with van der Waals surface area (Å²) in [7, 11) is 0. The Bertz CT molecular complexity index is 864. The fraction of sp³-hybridized carbons (Fsp3) is 0.111. The lowest BCUT2D eigenvalue weighted by atomic mass is 10.1. The van der Waals surface area contributed by atoms with Crippen molar-refractivity contribution in [2.75, 3.05) is 11.4 Å². The van der Waals surface area contributed by atoms with Gasteiger partial charge in [0.2, 0.25) is 0 Å². The number of para-hydroxylation sites is 1. The van der Waals surface area contributed by atoms with E-state index in [2.05, 4.69) is 18.2 Å². The molecule has 0 aliphatic carbocycles. The molecule has 0 fully saturated rings. The second-order valence-electron chi connectivity index (χ2n) is 5.30. The highest BCUT2D eigenvalue weighted by atomic mass is 32.1. The Balaban J connectivity index is 1.59. The minimum Gasteiger partial charge on any atom is -0.304 e. The van der Waals surface area contributed by atoms with Gasteiger partial charge in [0.05, 0.1) is 11.3 Å². The maximum Gasteiger partial charge on any atom is 0.299 e. The van der Waals surface area contributed by atoms with Crippen molar-refractivity contribution < 1.29 is 9.59 Å². The molecule has 3 nitrogen and oxygen atoms in total. The molecule has 1 aliphatic heterocycles. The van der Waals surface area contributed by atoms with Crippen LogP contribution in [0, 0.1) is 0 Å². The van der Waals surface area contributed by atoms with Crippen LogP contribution in [-0.2, 0) is 11.2 Å². The smallest absolute Gasteiger partial charge is 0.299 e. The second-order valence-corrected chi connectivity index (χ2v) is 6.47. The molecule has 22 heavy (non-hydrogen) atoms. The molecule has 0 bridgehead atoms. The quantitative estimate of drug-likeness (QED) is 0.692. The Morgan fingerprint density at radius 1 is 0.955 bits per heavy atom. The van der Waals surface area contributed by atoms with Crippen molar-refractivity contribution in [1.82, 2.24) is 0 Å². The topological polar surface area (TPSA) is 37.4 Å². The van der Waals surface area contributed by atoms with Crippen molar-refractivity contribution in [1.29, 1.82) is 0 Å². The summed E-state index contributed by atoms with van der Waals surface area (Å²) in [5.41, 5.74) is 1.25. The average Bonchev–Trinajstić information content (AvgIpc) is 3.06. The number of ketones is 1. The molecule has 3 aromatic rings. The fourth-order valence-corrected chi connectivity index (χ4v) is 3.91. The predicted molar refractivity (Wildman–Crippen MR) is 88.7 cm³/mol. The summed E-state index contributed by atoms with van der Waals surface area (Å²) in [6.45, 7) is 0.536. The van der Waals surface area contributed by atoms with E-state index in [0.29, 0.717) is 12.1 Å². The van der Waals surface area contributed by atoms with Crippen LogP contribution in [0.1, 0.15) is 15.2 Å². The zero-order valence-electron chi connectivity index (χ0n) is 11.8. The highest BCUT2D eigenvalue weighted by molar-refractivity contribution is 7.19. The molecule has 0 spiro atoms. The number of hydrogen-bond acceptors (Lipinski definition) is 3. The van der Waals surface area contributed by atoms with Gasteiger partial charge in [0, 0.05) is 16.1 Å². The predicted octanol–water partition coefficient (Wildman–Crippen LogP) is 3.67. The van der Waals surface area contributed by atoms with E-state index in [1.54, 1.807) is 28.4 Å². The van der Waals surface area contributed by atoms with Crippen LogP contribution in [-0.4, -0.2) is 18.2 Å². The van der Waals surface area contributed by atoms with E-state index in [0.717, 1.165) is 12.1 Å². The molecule has 0 saturated carbocycles. The number of nitrogens with zero attached hydrogens (tertiary/aromatic N) is 1. The van der Waals surface area contributed by atoms with Crippen LogP contribution in [0.2, 0.25) is 0 Å². The number of rotatable bonds is 3. The SMILES string of the molecule is O=C1C(=O)N(CCc2cc3ccccc3s2)c2ccccc21. The first-order valence-electron chi connectivity index (χ1n) is 7.17. The second kappa shape index (κ2) is 5.07. The minimum atomic E-state index is -0.415. The normalized spacial score (nSPS) is 13.9. The van der Waals surface area contributed by atoms with Gasteiger partial charge in [-0.25, -0.2) is 0 Å². The first-order valence-corrected chi connectivity index (χ1v) is 7.98. The van der Waals surface area contributed by atoms with Gasteiger partial charge in [-0.1, -0.05) is 30.3 Å². The first kappa shape index (κ1) is 13.2. The molecule has 1 aliphatic rings. The van der Waals surface area contributed by atoms with Gasteiger partial charge in [0.15, 0.2) is 0 Å². The Hall–Kier alpha value is -2.46. The molecular formula is C18H13NO2S. The number of hydrogen-bond donors (Lipinski definition) is 0. The number of carbonyl (C=O) groups is 2. The highest BCUT2D eigenvalue weighted by Crippen LogP contribution is 2.30. The van der Waals surface area contributed by atoms with Gasteiger partial charge < -0.3 is 4.90 Å². The molecule has 0 saturated heterocycles. The largest absolute Gasteiger partial charge is 0.304 e. The van der Waals surface area contributed by atoms with Crippen LogP contribution in [0.15, 0.2) is 54.6 Å². The van der Waals surface area contributed by atoms with Crippen LogP contribution in [0.3, 0.4) is 0 Å². The summed E-state index contributed by atoms with van der Waals surface area (Å²) in [5, 5.41) is 1.23. The van der Waals surface area contributed by atoms with E-state index >= 15 is 0 Å². The number of anilines is 1. The van der Waals surface area contributed by atoms with Gasteiger partial charge in [0.25, 0.3) is 11.7 Å². The lowest BCUT2D eigenvalue weighted by molar-refractivity contribution is -0.114. The molecule has 0 N–H and O–H groups in total. The third-order valence-corrected chi connectivity index (χ3v) is 5.11. The minimum absolute atomic E-state index is 0.396. The summed E-state index contributed by atoms with van der Waals surface area (Å²) in [6.07, 6.45) is 0.757. The van der Waals surface area contributed by atoms with Crippen LogP contribution in [0.4, 0.5) is 5.69 Å². The summed E-state index contributed by atoms with van der Waals surface area (Å²) >= 11 is 1.74.